The van der Waals surface area contributed by atoms with E-state index >= 15 is 0 Å². The number of hydrogen-bond acceptors (Lipinski definition) is 2. The highest BCUT2D eigenvalue weighted by Gasteiger charge is 2.24. The Morgan fingerprint density at radius 1 is 1.26 bits per heavy atom. The van der Waals surface area contributed by atoms with Gasteiger partial charge in [-0.25, -0.2) is 8.42 Å². The van der Waals surface area contributed by atoms with Crippen LogP contribution in [0.2, 0.25) is 0 Å². The van der Waals surface area contributed by atoms with Crippen molar-refractivity contribution in [2.45, 2.75) is 37.5 Å². The van der Waals surface area contributed by atoms with Gasteiger partial charge in [0.15, 0.2) is 0 Å². The Bertz CT molecular complexity index is 542. The van der Waals surface area contributed by atoms with Crippen molar-refractivity contribution in [3.8, 4) is 0 Å². The first kappa shape index (κ1) is 14.8. The van der Waals surface area contributed by atoms with E-state index in [9.17, 15) is 8.42 Å². The predicted octanol–water partition coefficient (Wildman–Crippen LogP) is 2.81. The van der Waals surface area contributed by atoms with Crippen LogP contribution in [0.1, 0.15) is 30.9 Å². The van der Waals surface area contributed by atoms with Crippen LogP contribution in [0.5, 0.6) is 0 Å². The van der Waals surface area contributed by atoms with Crippen LogP contribution in [0.4, 0.5) is 0 Å². The number of rotatable bonds is 6. The number of aryl methyl sites for hydroxylation is 2. The molecule has 0 amide bonds. The van der Waals surface area contributed by atoms with E-state index in [1.165, 1.54) is 15.4 Å². The van der Waals surface area contributed by atoms with Gasteiger partial charge in [-0.15, -0.1) is 11.6 Å². The molecule has 0 saturated heterocycles. The van der Waals surface area contributed by atoms with E-state index in [0.29, 0.717) is 30.3 Å². The summed E-state index contributed by atoms with van der Waals surface area (Å²) in [5.74, 6) is 0.482. The average Bonchev–Trinajstić information content (AvgIpc) is 2.86. The van der Waals surface area contributed by atoms with Crippen molar-refractivity contribution >= 4 is 21.6 Å². The third-order valence-corrected chi connectivity index (χ3v) is 5.84. The van der Waals surface area contributed by atoms with Crippen molar-refractivity contribution in [1.82, 2.24) is 4.31 Å². The average molecular weight is 302 g/mol. The summed E-state index contributed by atoms with van der Waals surface area (Å²) in [6, 6.07) is 5.55. The van der Waals surface area contributed by atoms with Crippen LogP contribution in [0.3, 0.4) is 0 Å². The molecule has 0 heterocycles. The van der Waals surface area contributed by atoms with Crippen molar-refractivity contribution in [1.29, 1.82) is 0 Å². The van der Waals surface area contributed by atoms with Gasteiger partial charge in [0.25, 0.3) is 0 Å². The number of benzene rings is 1. The van der Waals surface area contributed by atoms with Crippen molar-refractivity contribution in [2.75, 3.05) is 19.0 Å². The lowest BCUT2D eigenvalue weighted by atomic mass is 10.1. The molecule has 0 bridgehead atoms. The predicted molar refractivity (Wildman–Crippen MR) is 78.2 cm³/mol. The molecule has 1 aliphatic rings. The van der Waals surface area contributed by atoms with E-state index < -0.39 is 10.0 Å². The molecule has 0 radical (unpaired) electrons. The maximum absolute atomic E-state index is 12.6. The largest absolute Gasteiger partial charge is 0.243 e. The van der Waals surface area contributed by atoms with Crippen LogP contribution < -0.4 is 0 Å². The molecule has 0 saturated carbocycles. The Hall–Kier alpha value is -0.580. The lowest BCUT2D eigenvalue weighted by molar-refractivity contribution is 0.428. The first-order chi connectivity index (χ1) is 9.09. The maximum atomic E-state index is 12.6. The molecule has 0 fully saturated rings. The minimum Gasteiger partial charge on any atom is -0.207 e. The summed E-state index contributed by atoms with van der Waals surface area (Å²) < 4.78 is 26.6. The summed E-state index contributed by atoms with van der Waals surface area (Å²) in [5.41, 5.74) is 2.48. The normalized spacial score (nSPS) is 14.9. The van der Waals surface area contributed by atoms with Gasteiger partial charge in [-0.05, 0) is 48.9 Å². The van der Waals surface area contributed by atoms with Gasteiger partial charge in [0.2, 0.25) is 10.0 Å². The van der Waals surface area contributed by atoms with Crippen LogP contribution in [0.25, 0.3) is 0 Å². The molecule has 2 rings (SSSR count). The van der Waals surface area contributed by atoms with Crippen molar-refractivity contribution in [3.05, 3.63) is 29.3 Å². The number of fused-ring (bicyclic) bond motifs is 1. The second kappa shape index (κ2) is 6.25. The highest BCUT2D eigenvalue weighted by atomic mass is 35.5. The van der Waals surface area contributed by atoms with Gasteiger partial charge in [-0.1, -0.05) is 13.0 Å². The minimum atomic E-state index is -3.37. The van der Waals surface area contributed by atoms with E-state index in [-0.39, 0.29) is 0 Å². The molecule has 0 aromatic heterocycles. The van der Waals surface area contributed by atoms with E-state index in [1.54, 1.807) is 6.07 Å². The summed E-state index contributed by atoms with van der Waals surface area (Å²) in [6.45, 7) is 2.83. The number of hydrogen-bond donors (Lipinski definition) is 0. The van der Waals surface area contributed by atoms with Gasteiger partial charge in [0, 0.05) is 19.0 Å². The second-order valence-electron chi connectivity index (χ2n) is 4.82. The van der Waals surface area contributed by atoms with Gasteiger partial charge in [-0.2, -0.15) is 4.31 Å². The molecule has 0 aliphatic heterocycles. The number of sulfonamides is 1. The van der Waals surface area contributed by atoms with Crippen molar-refractivity contribution < 1.29 is 8.42 Å². The molecular weight excluding hydrogens is 282 g/mol. The first-order valence-corrected chi connectivity index (χ1v) is 8.75. The van der Waals surface area contributed by atoms with Gasteiger partial charge < -0.3 is 0 Å². The molecule has 0 unspecified atom stereocenters. The van der Waals surface area contributed by atoms with Gasteiger partial charge in [0.1, 0.15) is 0 Å². The molecule has 1 aromatic rings. The molecule has 0 N–H and O–H groups in total. The van der Waals surface area contributed by atoms with Crippen LogP contribution >= 0.6 is 11.6 Å². The minimum absolute atomic E-state index is 0.421. The zero-order chi connectivity index (χ0) is 13.9. The van der Waals surface area contributed by atoms with E-state index in [4.69, 9.17) is 11.6 Å². The maximum Gasteiger partial charge on any atom is 0.243 e. The highest BCUT2D eigenvalue weighted by molar-refractivity contribution is 7.89. The zero-order valence-corrected chi connectivity index (χ0v) is 12.8. The van der Waals surface area contributed by atoms with Crippen LogP contribution in [-0.2, 0) is 22.9 Å². The second-order valence-corrected chi connectivity index (χ2v) is 7.14. The van der Waals surface area contributed by atoms with Crippen LogP contribution in [-0.4, -0.2) is 31.7 Å². The fraction of sp³-hybridized carbons (Fsp3) is 0.571. The van der Waals surface area contributed by atoms with Crippen LogP contribution in [0.15, 0.2) is 23.1 Å². The molecule has 106 valence electrons. The summed E-state index contributed by atoms with van der Waals surface area (Å²) in [5, 5.41) is 0. The molecule has 19 heavy (non-hydrogen) atoms. The third-order valence-electron chi connectivity index (χ3n) is 3.60. The number of halogens is 1. The topological polar surface area (TPSA) is 37.4 Å². The fourth-order valence-electron chi connectivity index (χ4n) is 2.54. The molecule has 5 heteroatoms. The molecule has 1 aromatic carbocycles. The Kier molecular flexibility index (Phi) is 4.87. The fourth-order valence-corrected chi connectivity index (χ4v) is 4.20. The lowest BCUT2D eigenvalue weighted by Crippen LogP contribution is -2.32. The van der Waals surface area contributed by atoms with E-state index in [1.807, 2.05) is 19.1 Å². The monoisotopic (exact) mass is 301 g/mol. The Balaban J connectivity index is 2.27. The lowest BCUT2D eigenvalue weighted by Gasteiger charge is -2.20. The SMILES string of the molecule is CCN(CCCCl)S(=O)(=O)c1ccc2c(c1)CCC2. The van der Waals surface area contributed by atoms with Gasteiger partial charge in [-0.3, -0.25) is 0 Å². The smallest absolute Gasteiger partial charge is 0.207 e. The van der Waals surface area contributed by atoms with E-state index in [0.717, 1.165) is 19.3 Å². The third kappa shape index (κ3) is 3.12. The van der Waals surface area contributed by atoms with Crippen molar-refractivity contribution in [2.24, 2.45) is 0 Å². The highest BCUT2D eigenvalue weighted by Crippen LogP contribution is 2.26. The molecule has 0 spiro atoms. The number of alkyl halides is 1. The molecular formula is C14H20ClNO2S. The number of nitrogens with zero attached hydrogens (tertiary/aromatic N) is 1. The summed E-state index contributed by atoms with van der Waals surface area (Å²) in [6.07, 6.45) is 3.87. The standard InChI is InChI=1S/C14H20ClNO2S/c1-2-16(10-4-9-15)19(17,18)14-8-7-12-5-3-6-13(12)11-14/h7-8,11H,2-6,9-10H2,1H3. The Labute approximate surface area is 120 Å². The molecule has 3 nitrogen and oxygen atoms in total. The quantitative estimate of drug-likeness (QED) is 0.758. The first-order valence-electron chi connectivity index (χ1n) is 6.77. The summed E-state index contributed by atoms with van der Waals surface area (Å²) in [4.78, 5) is 0.421. The molecule has 1 aliphatic carbocycles. The summed E-state index contributed by atoms with van der Waals surface area (Å²) >= 11 is 5.65. The Morgan fingerprint density at radius 2 is 2.00 bits per heavy atom. The Morgan fingerprint density at radius 3 is 2.68 bits per heavy atom. The zero-order valence-electron chi connectivity index (χ0n) is 11.2. The van der Waals surface area contributed by atoms with Crippen molar-refractivity contribution in [3.63, 3.8) is 0 Å². The van der Waals surface area contributed by atoms with Gasteiger partial charge in [0.05, 0.1) is 4.90 Å². The van der Waals surface area contributed by atoms with Crippen LogP contribution in [0, 0.1) is 0 Å². The van der Waals surface area contributed by atoms with Gasteiger partial charge >= 0.3 is 0 Å². The molecule has 0 atom stereocenters. The summed E-state index contributed by atoms with van der Waals surface area (Å²) in [7, 11) is -3.37. The van der Waals surface area contributed by atoms with E-state index in [2.05, 4.69) is 0 Å².